The Morgan fingerprint density at radius 3 is 2.57 bits per heavy atom. The van der Waals surface area contributed by atoms with Gasteiger partial charge in [0.1, 0.15) is 11.7 Å². The molecule has 0 unspecified atom stereocenters. The predicted molar refractivity (Wildman–Crippen MR) is 134 cm³/mol. The predicted octanol–water partition coefficient (Wildman–Crippen LogP) is 3.81. The van der Waals surface area contributed by atoms with Crippen LogP contribution >= 0.6 is 11.8 Å². The summed E-state index contributed by atoms with van der Waals surface area (Å²) in [5.74, 6) is -3.43. The van der Waals surface area contributed by atoms with E-state index in [0.29, 0.717) is 17.0 Å². The summed E-state index contributed by atoms with van der Waals surface area (Å²) in [5.41, 5.74) is 3.50. The van der Waals surface area contributed by atoms with Gasteiger partial charge in [0.05, 0.1) is 36.1 Å². The van der Waals surface area contributed by atoms with Gasteiger partial charge in [0.25, 0.3) is 0 Å². The van der Waals surface area contributed by atoms with Gasteiger partial charge in [-0.15, -0.1) is 0 Å². The van der Waals surface area contributed by atoms with E-state index >= 15 is 0 Å². The van der Waals surface area contributed by atoms with Crippen LogP contribution in [0.3, 0.4) is 0 Å². The zero-order valence-electron chi connectivity index (χ0n) is 20.0. The first-order valence-electron chi connectivity index (χ1n) is 11.0. The number of nitrogens with one attached hydrogen (secondary N) is 2. The Balaban J connectivity index is 1.92. The van der Waals surface area contributed by atoms with Gasteiger partial charge in [0.2, 0.25) is 11.8 Å². The quantitative estimate of drug-likeness (QED) is 0.424. The standard InChI is InChI=1S/C26H27N3O5S/c1-5-34-26(32)23-22(18-8-6-7-9-20(18)33-4)19(13-27)25(29-24(23)31)35-14-21(30)28-17-11-10-15(2)16(3)12-17/h6-12,22-23H,5,14H2,1-4H3,(H,28,30)(H,29,31)/t22-,23-/m0/s1. The lowest BCUT2D eigenvalue weighted by molar-refractivity contribution is -0.152. The molecule has 3 rings (SSSR count). The second-order valence-electron chi connectivity index (χ2n) is 7.93. The number of rotatable bonds is 8. The maximum Gasteiger partial charge on any atom is 0.319 e. The number of nitriles is 1. The van der Waals surface area contributed by atoms with E-state index in [9.17, 15) is 19.6 Å². The Morgan fingerprint density at radius 2 is 1.91 bits per heavy atom. The zero-order valence-corrected chi connectivity index (χ0v) is 20.8. The van der Waals surface area contributed by atoms with Crippen LogP contribution in [-0.2, 0) is 19.1 Å². The number of amides is 2. The van der Waals surface area contributed by atoms with Gasteiger partial charge in [-0.3, -0.25) is 14.4 Å². The molecule has 0 radical (unpaired) electrons. The number of thioether (sulfide) groups is 1. The van der Waals surface area contributed by atoms with Crippen LogP contribution in [-0.4, -0.2) is 37.3 Å². The summed E-state index contributed by atoms with van der Waals surface area (Å²) in [6.45, 7) is 5.68. The van der Waals surface area contributed by atoms with E-state index in [1.54, 1.807) is 31.2 Å². The molecule has 2 aromatic rings. The van der Waals surface area contributed by atoms with Crippen LogP contribution in [0, 0.1) is 31.1 Å². The summed E-state index contributed by atoms with van der Waals surface area (Å²) < 4.78 is 10.6. The molecule has 2 N–H and O–H groups in total. The third-order valence-corrected chi connectivity index (χ3v) is 6.70. The van der Waals surface area contributed by atoms with Crippen LogP contribution in [0.25, 0.3) is 0 Å². The number of carbonyl (C=O) groups excluding carboxylic acids is 3. The van der Waals surface area contributed by atoms with Gasteiger partial charge in [0.15, 0.2) is 0 Å². The molecule has 35 heavy (non-hydrogen) atoms. The fraction of sp³-hybridized carbons (Fsp3) is 0.308. The summed E-state index contributed by atoms with van der Waals surface area (Å²) >= 11 is 1.03. The van der Waals surface area contributed by atoms with E-state index in [2.05, 4.69) is 16.7 Å². The highest BCUT2D eigenvalue weighted by molar-refractivity contribution is 8.03. The number of anilines is 1. The average Bonchev–Trinajstić information content (AvgIpc) is 2.84. The second kappa shape index (κ2) is 11.6. The van der Waals surface area contributed by atoms with Crippen molar-refractivity contribution in [1.82, 2.24) is 5.32 Å². The number of ether oxygens (including phenoxy) is 2. The first-order chi connectivity index (χ1) is 16.8. The Hall–Kier alpha value is -3.77. The van der Waals surface area contributed by atoms with E-state index in [1.807, 2.05) is 32.0 Å². The molecule has 1 aliphatic heterocycles. The number of carbonyl (C=O) groups is 3. The molecule has 2 aromatic carbocycles. The van der Waals surface area contributed by atoms with Crippen LogP contribution in [0.2, 0.25) is 0 Å². The van der Waals surface area contributed by atoms with Gasteiger partial charge in [0, 0.05) is 17.2 Å². The number of allylic oxidation sites excluding steroid dienone is 1. The van der Waals surface area contributed by atoms with Gasteiger partial charge < -0.3 is 20.1 Å². The lowest BCUT2D eigenvalue weighted by Gasteiger charge is -2.31. The topological polar surface area (TPSA) is 118 Å². The molecule has 0 saturated carbocycles. The number of para-hydroxylation sites is 1. The van der Waals surface area contributed by atoms with Crippen molar-refractivity contribution in [2.24, 2.45) is 5.92 Å². The van der Waals surface area contributed by atoms with Gasteiger partial charge in [-0.1, -0.05) is 36.0 Å². The van der Waals surface area contributed by atoms with E-state index < -0.39 is 23.7 Å². The highest BCUT2D eigenvalue weighted by Gasteiger charge is 2.45. The van der Waals surface area contributed by atoms with Crippen molar-refractivity contribution in [2.75, 3.05) is 24.8 Å². The molecular weight excluding hydrogens is 466 g/mol. The molecule has 1 aliphatic rings. The number of methoxy groups -OCH3 is 1. The number of benzene rings is 2. The van der Waals surface area contributed by atoms with Crippen molar-refractivity contribution in [1.29, 1.82) is 5.26 Å². The monoisotopic (exact) mass is 493 g/mol. The van der Waals surface area contributed by atoms with Crippen LogP contribution in [0.5, 0.6) is 5.75 Å². The second-order valence-corrected chi connectivity index (χ2v) is 8.91. The minimum atomic E-state index is -1.27. The lowest BCUT2D eigenvalue weighted by Crippen LogP contribution is -2.44. The van der Waals surface area contributed by atoms with Gasteiger partial charge >= 0.3 is 5.97 Å². The van der Waals surface area contributed by atoms with Crippen LogP contribution in [0.4, 0.5) is 5.69 Å². The smallest absolute Gasteiger partial charge is 0.319 e. The average molecular weight is 494 g/mol. The maximum absolute atomic E-state index is 13.1. The van der Waals surface area contributed by atoms with E-state index in [0.717, 1.165) is 22.9 Å². The molecule has 2 atom stereocenters. The molecule has 9 heteroatoms. The van der Waals surface area contributed by atoms with Crippen molar-refractivity contribution in [2.45, 2.75) is 26.7 Å². The van der Waals surface area contributed by atoms with Crippen molar-refractivity contribution in [3.05, 3.63) is 69.8 Å². The Bertz CT molecular complexity index is 1220. The SMILES string of the molecule is CCOC(=O)[C@@H]1C(=O)NC(SCC(=O)Nc2ccc(C)c(C)c2)=C(C#N)[C@@H]1c1ccccc1OC. The Morgan fingerprint density at radius 1 is 1.17 bits per heavy atom. The first kappa shape index (κ1) is 25.8. The van der Waals surface area contributed by atoms with Crippen LogP contribution < -0.4 is 15.4 Å². The Labute approximate surface area is 208 Å². The molecule has 1 heterocycles. The number of hydrogen-bond donors (Lipinski definition) is 2. The first-order valence-corrected chi connectivity index (χ1v) is 12.0. The van der Waals surface area contributed by atoms with Crippen molar-refractivity contribution >= 4 is 35.2 Å². The molecule has 0 spiro atoms. The summed E-state index contributed by atoms with van der Waals surface area (Å²) in [4.78, 5) is 38.4. The lowest BCUT2D eigenvalue weighted by atomic mass is 9.78. The minimum Gasteiger partial charge on any atom is -0.496 e. The van der Waals surface area contributed by atoms with Gasteiger partial charge in [-0.25, -0.2) is 0 Å². The summed E-state index contributed by atoms with van der Waals surface area (Å²) in [6.07, 6.45) is 0. The van der Waals surface area contributed by atoms with Crippen LogP contribution in [0.15, 0.2) is 53.1 Å². The molecule has 0 aliphatic carbocycles. The minimum absolute atomic E-state index is 0.0452. The summed E-state index contributed by atoms with van der Waals surface area (Å²) in [6, 6.07) is 14.7. The third-order valence-electron chi connectivity index (χ3n) is 5.68. The van der Waals surface area contributed by atoms with E-state index in [1.165, 1.54) is 7.11 Å². The number of nitrogens with zero attached hydrogens (tertiary/aromatic N) is 1. The summed E-state index contributed by atoms with van der Waals surface area (Å²) in [7, 11) is 1.48. The highest BCUT2D eigenvalue weighted by atomic mass is 32.2. The number of aryl methyl sites for hydroxylation is 2. The number of esters is 1. The summed E-state index contributed by atoms with van der Waals surface area (Å²) in [5, 5.41) is 15.8. The molecular formula is C26H27N3O5S. The molecule has 0 saturated heterocycles. The molecule has 0 fully saturated rings. The normalized spacial score (nSPS) is 17.3. The van der Waals surface area contributed by atoms with E-state index in [4.69, 9.17) is 9.47 Å². The molecule has 182 valence electrons. The van der Waals surface area contributed by atoms with Crippen LogP contribution in [0.1, 0.15) is 29.5 Å². The fourth-order valence-corrected chi connectivity index (χ4v) is 4.69. The van der Waals surface area contributed by atoms with Gasteiger partial charge in [-0.05, 0) is 50.1 Å². The Kier molecular flexibility index (Phi) is 8.55. The van der Waals surface area contributed by atoms with Crippen molar-refractivity contribution < 1.29 is 23.9 Å². The highest BCUT2D eigenvalue weighted by Crippen LogP contribution is 2.43. The molecule has 8 nitrogen and oxygen atoms in total. The van der Waals surface area contributed by atoms with Gasteiger partial charge in [-0.2, -0.15) is 5.26 Å². The van der Waals surface area contributed by atoms with Crippen molar-refractivity contribution in [3.63, 3.8) is 0 Å². The fourth-order valence-electron chi connectivity index (χ4n) is 3.84. The zero-order chi connectivity index (χ0) is 25.5. The maximum atomic E-state index is 13.1. The van der Waals surface area contributed by atoms with E-state index in [-0.39, 0.29) is 28.9 Å². The third kappa shape index (κ3) is 5.84. The molecule has 2 amide bonds. The largest absolute Gasteiger partial charge is 0.496 e. The molecule has 0 bridgehead atoms. The number of hydrogen-bond acceptors (Lipinski definition) is 7. The van der Waals surface area contributed by atoms with Crippen molar-refractivity contribution in [3.8, 4) is 11.8 Å². The molecule has 0 aromatic heterocycles.